The second kappa shape index (κ2) is 9.14. The lowest BCUT2D eigenvalue weighted by molar-refractivity contribution is 0.224. The summed E-state index contributed by atoms with van der Waals surface area (Å²) in [6.45, 7) is 5.94. The fourth-order valence-electron chi connectivity index (χ4n) is 3.87. The molecule has 158 valence electrons. The van der Waals surface area contributed by atoms with Gasteiger partial charge in [0.2, 0.25) is 0 Å². The van der Waals surface area contributed by atoms with Crippen LogP contribution in [0.5, 0.6) is 5.75 Å². The Balaban J connectivity index is 1.06. The maximum Gasteiger partial charge on any atom is 0.128 e. The smallest absolute Gasteiger partial charge is 0.128 e. The average Bonchev–Trinajstić information content (AvgIpc) is 3.28. The molecule has 0 bridgehead atoms. The van der Waals surface area contributed by atoms with Gasteiger partial charge in [0.1, 0.15) is 22.6 Å². The van der Waals surface area contributed by atoms with Crippen LogP contribution >= 0.6 is 0 Å². The van der Waals surface area contributed by atoms with Gasteiger partial charge in [-0.25, -0.2) is 4.98 Å². The van der Waals surface area contributed by atoms with Crippen LogP contribution in [-0.4, -0.2) is 64.2 Å². The number of nitrogens with zero attached hydrogens (tertiary/aromatic N) is 6. The van der Waals surface area contributed by atoms with E-state index in [4.69, 9.17) is 4.74 Å². The van der Waals surface area contributed by atoms with E-state index in [-0.39, 0.29) is 0 Å². The molecule has 1 fully saturated rings. The van der Waals surface area contributed by atoms with E-state index < -0.39 is 0 Å². The first kappa shape index (κ1) is 19.5. The molecule has 31 heavy (non-hydrogen) atoms. The van der Waals surface area contributed by atoms with Crippen LogP contribution in [0.1, 0.15) is 6.42 Å². The van der Waals surface area contributed by atoms with Gasteiger partial charge in [0.25, 0.3) is 0 Å². The minimum atomic E-state index is 0.712. The second-order valence-corrected chi connectivity index (χ2v) is 7.69. The third-order valence-electron chi connectivity index (χ3n) is 5.59. The van der Waals surface area contributed by atoms with E-state index in [1.807, 2.05) is 66.9 Å². The van der Waals surface area contributed by atoms with Crippen molar-refractivity contribution in [3.8, 4) is 11.4 Å². The van der Waals surface area contributed by atoms with Gasteiger partial charge in [-0.2, -0.15) is 4.80 Å². The Morgan fingerprint density at radius 1 is 0.774 bits per heavy atom. The van der Waals surface area contributed by atoms with Gasteiger partial charge in [-0.05, 0) is 55.0 Å². The highest BCUT2D eigenvalue weighted by Gasteiger charge is 2.17. The molecule has 2 aromatic heterocycles. The molecule has 0 atom stereocenters. The van der Waals surface area contributed by atoms with Gasteiger partial charge in [0.15, 0.2) is 0 Å². The first-order valence-corrected chi connectivity index (χ1v) is 10.8. The predicted molar refractivity (Wildman–Crippen MR) is 122 cm³/mol. The molecule has 4 aromatic rings. The summed E-state index contributed by atoms with van der Waals surface area (Å²) in [7, 11) is 0. The molecule has 0 N–H and O–H groups in total. The largest absolute Gasteiger partial charge is 0.494 e. The first-order chi connectivity index (χ1) is 15.3. The zero-order valence-electron chi connectivity index (χ0n) is 17.5. The van der Waals surface area contributed by atoms with Gasteiger partial charge in [-0.15, -0.1) is 10.2 Å². The van der Waals surface area contributed by atoms with E-state index >= 15 is 0 Å². The lowest BCUT2D eigenvalue weighted by Crippen LogP contribution is -2.47. The van der Waals surface area contributed by atoms with Crippen molar-refractivity contribution in [3.05, 3.63) is 72.9 Å². The van der Waals surface area contributed by atoms with Crippen LogP contribution in [0.4, 0.5) is 5.82 Å². The molecule has 0 unspecified atom stereocenters. The number of ether oxygens (including phenoxy) is 1. The minimum absolute atomic E-state index is 0.712. The van der Waals surface area contributed by atoms with Crippen molar-refractivity contribution in [2.24, 2.45) is 0 Å². The predicted octanol–water partition coefficient (Wildman–Crippen LogP) is 3.41. The number of rotatable bonds is 7. The topological polar surface area (TPSA) is 59.3 Å². The quantitative estimate of drug-likeness (QED) is 0.432. The lowest BCUT2D eigenvalue weighted by Gasteiger charge is -2.35. The Hall–Kier alpha value is -3.45. The summed E-state index contributed by atoms with van der Waals surface area (Å²) >= 11 is 0. The van der Waals surface area contributed by atoms with Crippen LogP contribution in [0, 0.1) is 0 Å². The van der Waals surface area contributed by atoms with Crippen LogP contribution < -0.4 is 9.64 Å². The van der Waals surface area contributed by atoms with Crippen molar-refractivity contribution in [1.29, 1.82) is 0 Å². The molecule has 1 aliphatic heterocycles. The maximum atomic E-state index is 5.94. The first-order valence-electron chi connectivity index (χ1n) is 10.8. The van der Waals surface area contributed by atoms with E-state index in [1.54, 1.807) is 4.80 Å². The average molecular weight is 415 g/mol. The summed E-state index contributed by atoms with van der Waals surface area (Å²) in [5, 5.41) is 9.03. The molecule has 0 radical (unpaired) electrons. The number of pyridine rings is 1. The number of benzene rings is 2. The number of piperazine rings is 1. The Bertz CT molecular complexity index is 1070. The molecule has 0 spiro atoms. The fourth-order valence-corrected chi connectivity index (χ4v) is 3.87. The van der Waals surface area contributed by atoms with Crippen LogP contribution in [0.3, 0.4) is 0 Å². The Morgan fingerprint density at radius 3 is 2.16 bits per heavy atom. The summed E-state index contributed by atoms with van der Waals surface area (Å²) in [5.41, 5.74) is 2.71. The van der Waals surface area contributed by atoms with E-state index in [9.17, 15) is 0 Å². The molecular weight excluding hydrogens is 388 g/mol. The molecular formula is C24H26N6O. The maximum absolute atomic E-state index is 5.94. The Kier molecular flexibility index (Phi) is 5.75. The molecule has 3 heterocycles. The zero-order chi connectivity index (χ0) is 20.9. The molecule has 2 aromatic carbocycles. The van der Waals surface area contributed by atoms with Gasteiger partial charge in [0.05, 0.1) is 12.3 Å². The van der Waals surface area contributed by atoms with Crippen LogP contribution in [-0.2, 0) is 0 Å². The number of hydrogen-bond acceptors (Lipinski definition) is 6. The van der Waals surface area contributed by atoms with Gasteiger partial charge in [-0.1, -0.05) is 18.2 Å². The standard InChI is InChI=1S/C24H26N6O/c1-2-7-23-22(6-1)26-30(27-23)20-9-11-21(12-10-20)31-19-5-14-28-15-17-29(18-16-28)24-8-3-4-13-25-24/h1-4,6-13H,5,14-19H2. The summed E-state index contributed by atoms with van der Waals surface area (Å²) < 4.78 is 5.94. The van der Waals surface area contributed by atoms with E-state index in [0.717, 1.165) is 67.4 Å². The highest BCUT2D eigenvalue weighted by molar-refractivity contribution is 5.73. The number of hydrogen-bond donors (Lipinski definition) is 0. The normalized spacial score (nSPS) is 14.8. The van der Waals surface area contributed by atoms with E-state index in [0.29, 0.717) is 6.61 Å². The SMILES string of the molecule is c1ccc(N2CCN(CCCOc3ccc(-n4nc5ccccc5n4)cc3)CC2)nc1. The van der Waals surface area contributed by atoms with Gasteiger partial charge in [0, 0.05) is 38.9 Å². The van der Waals surface area contributed by atoms with Crippen molar-refractivity contribution in [1.82, 2.24) is 24.9 Å². The number of fused-ring (bicyclic) bond motifs is 1. The van der Waals surface area contributed by atoms with Gasteiger partial charge < -0.3 is 9.64 Å². The van der Waals surface area contributed by atoms with Crippen LogP contribution in [0.25, 0.3) is 16.7 Å². The molecule has 7 heteroatoms. The van der Waals surface area contributed by atoms with Crippen LogP contribution in [0.15, 0.2) is 72.9 Å². The molecule has 1 saturated heterocycles. The highest BCUT2D eigenvalue weighted by atomic mass is 16.5. The Morgan fingerprint density at radius 2 is 1.48 bits per heavy atom. The monoisotopic (exact) mass is 414 g/mol. The molecule has 0 aliphatic carbocycles. The van der Waals surface area contributed by atoms with E-state index in [2.05, 4.69) is 31.0 Å². The van der Waals surface area contributed by atoms with Gasteiger partial charge in [-0.3, -0.25) is 4.90 Å². The zero-order valence-corrected chi connectivity index (χ0v) is 17.5. The molecule has 7 nitrogen and oxygen atoms in total. The Labute approximate surface area is 181 Å². The molecule has 0 amide bonds. The summed E-state index contributed by atoms with van der Waals surface area (Å²) in [5.74, 6) is 1.95. The van der Waals surface area contributed by atoms with Crippen LogP contribution in [0.2, 0.25) is 0 Å². The summed E-state index contributed by atoms with van der Waals surface area (Å²) in [4.78, 5) is 11.0. The van der Waals surface area contributed by atoms with E-state index in [1.165, 1.54) is 0 Å². The summed E-state index contributed by atoms with van der Waals surface area (Å²) in [6.07, 6.45) is 2.87. The number of aromatic nitrogens is 4. The fraction of sp³-hybridized carbons (Fsp3) is 0.292. The summed E-state index contributed by atoms with van der Waals surface area (Å²) in [6, 6.07) is 21.9. The molecule has 0 saturated carbocycles. The highest BCUT2D eigenvalue weighted by Crippen LogP contribution is 2.17. The van der Waals surface area contributed by atoms with Crippen molar-refractivity contribution in [2.45, 2.75) is 6.42 Å². The molecule has 5 rings (SSSR count). The second-order valence-electron chi connectivity index (χ2n) is 7.69. The van der Waals surface area contributed by atoms with Crippen molar-refractivity contribution in [2.75, 3.05) is 44.2 Å². The van der Waals surface area contributed by atoms with Gasteiger partial charge >= 0.3 is 0 Å². The van der Waals surface area contributed by atoms with Crippen molar-refractivity contribution < 1.29 is 4.74 Å². The van der Waals surface area contributed by atoms with Crippen molar-refractivity contribution >= 4 is 16.9 Å². The number of anilines is 1. The third kappa shape index (κ3) is 4.67. The minimum Gasteiger partial charge on any atom is -0.494 e. The third-order valence-corrected chi connectivity index (χ3v) is 5.59. The molecule has 1 aliphatic rings. The van der Waals surface area contributed by atoms with Crippen molar-refractivity contribution in [3.63, 3.8) is 0 Å². The lowest BCUT2D eigenvalue weighted by atomic mass is 10.3.